The molecular weight excluding hydrogens is 523 g/mol. The van der Waals surface area contributed by atoms with Gasteiger partial charge in [-0.15, -0.1) is 12.3 Å². The van der Waals surface area contributed by atoms with E-state index in [1.807, 2.05) is 4.90 Å². The number of carbonyl (C=O) groups excluding carboxylic acids is 1. The maximum atomic E-state index is 13.2. The van der Waals surface area contributed by atoms with E-state index >= 15 is 0 Å². The van der Waals surface area contributed by atoms with E-state index in [-0.39, 0.29) is 12.0 Å². The molecule has 6 rings (SSSR count). The summed E-state index contributed by atoms with van der Waals surface area (Å²) < 4.78 is 18.7. The lowest BCUT2D eigenvalue weighted by atomic mass is 9.74. The predicted molar refractivity (Wildman–Crippen MR) is 168 cm³/mol. The molecule has 0 atom stereocenters. The molecule has 1 amide bonds. The van der Waals surface area contributed by atoms with Crippen molar-refractivity contribution in [1.29, 1.82) is 0 Å². The van der Waals surface area contributed by atoms with Crippen molar-refractivity contribution < 1.29 is 18.8 Å². The van der Waals surface area contributed by atoms with Gasteiger partial charge in [0.15, 0.2) is 0 Å². The van der Waals surface area contributed by atoms with Gasteiger partial charge in [-0.1, -0.05) is 54.6 Å². The molecule has 0 aromatic heterocycles. The first-order valence-corrected chi connectivity index (χ1v) is 14.9. The second kappa shape index (κ2) is 10.8. The van der Waals surface area contributed by atoms with Gasteiger partial charge in [-0.2, -0.15) is 0 Å². The summed E-state index contributed by atoms with van der Waals surface area (Å²) in [5.74, 6) is 2.84. The fourth-order valence-electron chi connectivity index (χ4n) is 6.36. The Morgan fingerprint density at radius 1 is 0.952 bits per heavy atom. The van der Waals surface area contributed by atoms with Crippen molar-refractivity contribution in [2.45, 2.75) is 58.2 Å². The minimum absolute atomic E-state index is 0.0533. The standard InChI is InChI=1S/C35H39BN2O4/c1-7-12-25-21-31(36-41-34(3,4)35(5,6)42-36)24(2)32(22-25)37-17-19-38(20-18-37)33(39)40-23-30-28-15-10-8-13-26(28)27-14-9-11-16-29(27)30/h1,8-11,13-16,21-22,30H,12,17-20,23H2,2-6H3. The largest absolute Gasteiger partial charge is 0.495 e. The van der Waals surface area contributed by atoms with Crippen LogP contribution in [0.1, 0.15) is 55.9 Å². The van der Waals surface area contributed by atoms with Crippen molar-refractivity contribution in [1.82, 2.24) is 4.90 Å². The molecule has 2 saturated heterocycles. The second-order valence-corrected chi connectivity index (χ2v) is 12.6. The van der Waals surface area contributed by atoms with E-state index in [0.717, 1.165) is 22.3 Å². The van der Waals surface area contributed by atoms with Gasteiger partial charge in [-0.3, -0.25) is 0 Å². The topological polar surface area (TPSA) is 51.2 Å². The molecule has 216 valence electrons. The van der Waals surface area contributed by atoms with Crippen LogP contribution in [0.25, 0.3) is 11.1 Å². The fraction of sp³-hybridized carbons (Fsp3) is 0.400. The molecule has 1 aliphatic carbocycles. The summed E-state index contributed by atoms with van der Waals surface area (Å²) in [7, 11) is -0.464. The number of rotatable bonds is 5. The Kier molecular flexibility index (Phi) is 7.33. The van der Waals surface area contributed by atoms with Crippen LogP contribution in [-0.4, -0.2) is 62.1 Å². The van der Waals surface area contributed by atoms with Crippen LogP contribution >= 0.6 is 0 Å². The molecule has 3 aliphatic rings. The average molecular weight is 563 g/mol. The number of ether oxygens (including phenoxy) is 1. The monoisotopic (exact) mass is 562 g/mol. The van der Waals surface area contributed by atoms with Crippen molar-refractivity contribution >= 4 is 24.4 Å². The van der Waals surface area contributed by atoms with Crippen molar-refractivity contribution in [2.24, 2.45) is 0 Å². The minimum atomic E-state index is -0.464. The highest BCUT2D eigenvalue weighted by Gasteiger charge is 2.52. The minimum Gasteiger partial charge on any atom is -0.448 e. The van der Waals surface area contributed by atoms with E-state index in [2.05, 4.69) is 106 Å². The zero-order chi connectivity index (χ0) is 29.6. The Hall–Kier alpha value is -3.73. The van der Waals surface area contributed by atoms with Crippen LogP contribution in [0.3, 0.4) is 0 Å². The van der Waals surface area contributed by atoms with Crippen molar-refractivity contribution in [3.05, 3.63) is 82.9 Å². The number of hydrogen-bond acceptors (Lipinski definition) is 5. The summed E-state index contributed by atoms with van der Waals surface area (Å²) in [5.41, 5.74) is 8.32. The van der Waals surface area contributed by atoms with Crippen LogP contribution in [0, 0.1) is 19.3 Å². The highest BCUT2D eigenvalue weighted by Crippen LogP contribution is 2.44. The third kappa shape index (κ3) is 4.97. The summed E-state index contributed by atoms with van der Waals surface area (Å²) in [6, 6.07) is 21.1. The molecule has 0 radical (unpaired) electrons. The Labute approximate surface area is 250 Å². The van der Waals surface area contributed by atoms with Crippen LogP contribution in [0.4, 0.5) is 10.5 Å². The quantitative estimate of drug-likeness (QED) is 0.302. The molecule has 0 unspecified atom stereocenters. The first-order chi connectivity index (χ1) is 20.1. The number of hydrogen-bond donors (Lipinski definition) is 0. The van der Waals surface area contributed by atoms with Crippen LogP contribution in [0.15, 0.2) is 60.7 Å². The molecule has 3 aromatic rings. The van der Waals surface area contributed by atoms with Gasteiger partial charge in [-0.05, 0) is 79.5 Å². The first kappa shape index (κ1) is 28.4. The molecule has 7 heteroatoms. The molecule has 2 fully saturated rings. The highest BCUT2D eigenvalue weighted by molar-refractivity contribution is 6.62. The van der Waals surface area contributed by atoms with Gasteiger partial charge in [0.1, 0.15) is 6.61 Å². The molecule has 0 bridgehead atoms. The van der Waals surface area contributed by atoms with Crippen molar-refractivity contribution in [2.75, 3.05) is 37.7 Å². The smallest absolute Gasteiger partial charge is 0.448 e. The first-order valence-electron chi connectivity index (χ1n) is 14.9. The summed E-state index contributed by atoms with van der Waals surface area (Å²) in [6.07, 6.45) is 5.98. The van der Waals surface area contributed by atoms with Gasteiger partial charge >= 0.3 is 13.2 Å². The van der Waals surface area contributed by atoms with E-state index < -0.39 is 18.3 Å². The molecule has 0 N–H and O–H groups in total. The van der Waals surface area contributed by atoms with Gasteiger partial charge in [0.2, 0.25) is 0 Å². The second-order valence-electron chi connectivity index (χ2n) is 12.6. The molecule has 42 heavy (non-hydrogen) atoms. The van der Waals surface area contributed by atoms with Crippen LogP contribution in [0.5, 0.6) is 0 Å². The van der Waals surface area contributed by atoms with Gasteiger partial charge in [0, 0.05) is 44.2 Å². The molecular formula is C35H39BN2O4. The number of terminal acetylenes is 1. The SMILES string of the molecule is C#CCc1cc(B2OC(C)(C)C(C)(C)O2)c(C)c(N2CCN(C(=O)OCC3c4ccccc4-c4ccccc43)CC2)c1. The zero-order valence-electron chi connectivity index (χ0n) is 25.3. The van der Waals surface area contributed by atoms with Crippen molar-refractivity contribution in [3.8, 4) is 23.5 Å². The van der Waals surface area contributed by atoms with Gasteiger partial charge in [0.25, 0.3) is 0 Å². The van der Waals surface area contributed by atoms with Crippen LogP contribution in [0.2, 0.25) is 0 Å². The summed E-state index contributed by atoms with van der Waals surface area (Å²) in [4.78, 5) is 17.4. The van der Waals surface area contributed by atoms with Crippen LogP contribution < -0.4 is 10.4 Å². The highest BCUT2D eigenvalue weighted by atomic mass is 16.7. The van der Waals surface area contributed by atoms with Gasteiger partial charge in [-0.25, -0.2) is 4.79 Å². The van der Waals surface area contributed by atoms with E-state index in [1.54, 1.807) is 0 Å². The third-order valence-corrected chi connectivity index (χ3v) is 9.51. The number of benzene rings is 3. The average Bonchev–Trinajstić information content (AvgIpc) is 3.41. The number of anilines is 1. The number of piperazine rings is 1. The maximum absolute atomic E-state index is 13.2. The fourth-order valence-corrected chi connectivity index (χ4v) is 6.36. The summed E-state index contributed by atoms with van der Waals surface area (Å²) in [6.45, 7) is 13.3. The molecule has 0 saturated carbocycles. The van der Waals surface area contributed by atoms with Gasteiger partial charge in [0.05, 0.1) is 11.2 Å². The third-order valence-electron chi connectivity index (χ3n) is 9.51. The molecule has 3 aromatic carbocycles. The number of nitrogens with zero attached hydrogens (tertiary/aromatic N) is 2. The number of fused-ring (bicyclic) bond motifs is 3. The lowest BCUT2D eigenvalue weighted by molar-refractivity contribution is 0.00578. The Morgan fingerprint density at radius 3 is 2.10 bits per heavy atom. The molecule has 0 spiro atoms. The van der Waals surface area contributed by atoms with Crippen molar-refractivity contribution in [3.63, 3.8) is 0 Å². The maximum Gasteiger partial charge on any atom is 0.495 e. The number of carbonyl (C=O) groups is 1. The molecule has 2 heterocycles. The molecule has 2 aliphatic heterocycles. The molecule has 6 nitrogen and oxygen atoms in total. The lowest BCUT2D eigenvalue weighted by Gasteiger charge is -2.37. The number of amides is 1. The summed E-state index contributed by atoms with van der Waals surface area (Å²) >= 11 is 0. The van der Waals surface area contributed by atoms with Crippen LogP contribution in [-0.2, 0) is 20.5 Å². The van der Waals surface area contributed by atoms with E-state index in [9.17, 15) is 4.79 Å². The van der Waals surface area contributed by atoms with E-state index in [0.29, 0.717) is 39.2 Å². The Balaban J connectivity index is 1.14. The Bertz CT molecular complexity index is 1490. The van der Waals surface area contributed by atoms with E-state index in [1.165, 1.54) is 22.3 Å². The zero-order valence-corrected chi connectivity index (χ0v) is 25.3. The normalized spacial score (nSPS) is 18.9. The Morgan fingerprint density at radius 2 is 1.52 bits per heavy atom. The van der Waals surface area contributed by atoms with Gasteiger partial charge < -0.3 is 23.8 Å². The lowest BCUT2D eigenvalue weighted by Crippen LogP contribution is -2.50. The predicted octanol–water partition coefficient (Wildman–Crippen LogP) is 5.54. The summed E-state index contributed by atoms with van der Waals surface area (Å²) in [5, 5.41) is 0. The van der Waals surface area contributed by atoms with E-state index in [4.69, 9.17) is 20.5 Å².